The van der Waals surface area contributed by atoms with E-state index >= 15 is 0 Å². The molecule has 1 aromatic rings. The highest BCUT2D eigenvalue weighted by atomic mass is 16.5. The van der Waals surface area contributed by atoms with Crippen LogP contribution in [0.15, 0.2) is 24.3 Å². The lowest BCUT2D eigenvalue weighted by Crippen LogP contribution is -2.34. The van der Waals surface area contributed by atoms with Crippen molar-refractivity contribution in [1.82, 2.24) is 5.32 Å². The summed E-state index contributed by atoms with van der Waals surface area (Å²) in [7, 11) is 0. The fourth-order valence-electron chi connectivity index (χ4n) is 2.70. The van der Waals surface area contributed by atoms with Crippen molar-refractivity contribution in [2.24, 2.45) is 0 Å². The highest BCUT2D eigenvalue weighted by molar-refractivity contribution is 5.27. The van der Waals surface area contributed by atoms with Crippen molar-refractivity contribution >= 4 is 0 Å². The molecule has 0 aliphatic rings. The second kappa shape index (κ2) is 9.97. The number of nitrogens with one attached hydrogen (secondary N) is 1. The van der Waals surface area contributed by atoms with Crippen molar-refractivity contribution in [3.8, 4) is 0 Å². The largest absolute Gasteiger partial charge is 0.377 e. The van der Waals surface area contributed by atoms with Gasteiger partial charge in [0.05, 0.1) is 12.1 Å². The van der Waals surface area contributed by atoms with Gasteiger partial charge < -0.3 is 10.1 Å². The van der Waals surface area contributed by atoms with Crippen LogP contribution in [-0.4, -0.2) is 19.3 Å². The number of rotatable bonds is 10. The Balaban J connectivity index is 2.93. The quantitative estimate of drug-likeness (QED) is 0.651. The molecule has 0 saturated carbocycles. The van der Waals surface area contributed by atoms with Gasteiger partial charge in [0.2, 0.25) is 0 Å². The Hall–Kier alpha value is -0.860. The predicted molar refractivity (Wildman–Crippen MR) is 91.9 cm³/mol. The topological polar surface area (TPSA) is 21.3 Å². The van der Waals surface area contributed by atoms with Gasteiger partial charge in [-0.2, -0.15) is 0 Å². The molecule has 1 rings (SSSR count). The Labute approximate surface area is 131 Å². The summed E-state index contributed by atoms with van der Waals surface area (Å²) in [6, 6.07) is 9.35. The molecule has 1 aromatic carbocycles. The number of benzene rings is 1. The highest BCUT2D eigenvalue weighted by Crippen LogP contribution is 2.25. The van der Waals surface area contributed by atoms with Crippen molar-refractivity contribution in [1.29, 1.82) is 0 Å². The molecule has 0 aliphatic heterocycles. The second-order valence-corrected chi connectivity index (χ2v) is 6.04. The summed E-state index contributed by atoms with van der Waals surface area (Å²) >= 11 is 0. The zero-order valence-electron chi connectivity index (χ0n) is 14.5. The van der Waals surface area contributed by atoms with Gasteiger partial charge in [0, 0.05) is 6.61 Å². The van der Waals surface area contributed by atoms with E-state index in [-0.39, 0.29) is 6.10 Å². The Morgan fingerprint density at radius 2 is 1.57 bits per heavy atom. The molecule has 0 aromatic heterocycles. The van der Waals surface area contributed by atoms with Gasteiger partial charge >= 0.3 is 0 Å². The molecule has 0 bridgehead atoms. The van der Waals surface area contributed by atoms with Crippen LogP contribution in [0.3, 0.4) is 0 Å². The zero-order valence-corrected chi connectivity index (χ0v) is 14.5. The molecule has 2 unspecified atom stereocenters. The molecule has 0 radical (unpaired) electrons. The van der Waals surface area contributed by atoms with Crippen molar-refractivity contribution < 1.29 is 4.74 Å². The SMILES string of the molecule is CCCNC(c1ccc(C(C)C)cc1)C(CCC)OCC. The molecule has 21 heavy (non-hydrogen) atoms. The molecule has 0 amide bonds. The van der Waals surface area contributed by atoms with Crippen LogP contribution in [0, 0.1) is 0 Å². The maximum atomic E-state index is 6.01. The van der Waals surface area contributed by atoms with Crippen molar-refractivity contribution in [2.45, 2.75) is 71.9 Å². The van der Waals surface area contributed by atoms with E-state index in [1.54, 1.807) is 0 Å². The maximum absolute atomic E-state index is 6.01. The van der Waals surface area contributed by atoms with E-state index < -0.39 is 0 Å². The van der Waals surface area contributed by atoms with E-state index in [1.807, 2.05) is 0 Å². The van der Waals surface area contributed by atoms with Gasteiger partial charge in [-0.05, 0) is 43.4 Å². The first kappa shape index (κ1) is 18.2. The van der Waals surface area contributed by atoms with E-state index in [0.717, 1.165) is 32.4 Å². The summed E-state index contributed by atoms with van der Waals surface area (Å²) in [6.45, 7) is 12.8. The maximum Gasteiger partial charge on any atom is 0.0769 e. The Morgan fingerprint density at radius 1 is 0.952 bits per heavy atom. The smallest absolute Gasteiger partial charge is 0.0769 e. The Morgan fingerprint density at radius 3 is 2.05 bits per heavy atom. The molecule has 1 N–H and O–H groups in total. The molecule has 120 valence electrons. The van der Waals surface area contributed by atoms with Gasteiger partial charge in [0.15, 0.2) is 0 Å². The fourth-order valence-corrected chi connectivity index (χ4v) is 2.70. The van der Waals surface area contributed by atoms with E-state index in [1.165, 1.54) is 11.1 Å². The number of hydrogen-bond donors (Lipinski definition) is 1. The van der Waals surface area contributed by atoms with Crippen LogP contribution >= 0.6 is 0 Å². The minimum Gasteiger partial charge on any atom is -0.377 e. The number of ether oxygens (including phenoxy) is 1. The summed E-state index contributed by atoms with van der Waals surface area (Å²) in [4.78, 5) is 0. The third-order valence-corrected chi connectivity index (χ3v) is 3.90. The first-order valence-electron chi connectivity index (χ1n) is 8.58. The monoisotopic (exact) mass is 291 g/mol. The summed E-state index contributed by atoms with van der Waals surface area (Å²) in [5, 5.41) is 3.68. The lowest BCUT2D eigenvalue weighted by atomic mass is 9.94. The standard InChI is InChI=1S/C19H33NO/c1-6-9-18(21-8-3)19(20-14-7-2)17-12-10-16(11-13-17)15(4)5/h10-13,15,18-20H,6-9,14H2,1-5H3. The lowest BCUT2D eigenvalue weighted by molar-refractivity contribution is 0.0276. The van der Waals surface area contributed by atoms with Gasteiger partial charge in [0.1, 0.15) is 0 Å². The number of hydrogen-bond acceptors (Lipinski definition) is 2. The molecule has 2 heteroatoms. The third-order valence-electron chi connectivity index (χ3n) is 3.90. The third kappa shape index (κ3) is 5.80. The van der Waals surface area contributed by atoms with Crippen LogP contribution in [0.2, 0.25) is 0 Å². The predicted octanol–water partition coefficient (Wildman–Crippen LogP) is 5.06. The molecule has 0 saturated heterocycles. The average Bonchev–Trinajstić information content (AvgIpc) is 2.48. The Bertz CT molecular complexity index is 366. The first-order valence-corrected chi connectivity index (χ1v) is 8.58. The van der Waals surface area contributed by atoms with Gasteiger partial charge in [-0.1, -0.05) is 58.4 Å². The molecule has 0 fully saturated rings. The average molecular weight is 291 g/mol. The highest BCUT2D eigenvalue weighted by Gasteiger charge is 2.22. The zero-order chi connectivity index (χ0) is 15.7. The van der Waals surface area contributed by atoms with Gasteiger partial charge in [0.25, 0.3) is 0 Å². The molecule has 2 nitrogen and oxygen atoms in total. The van der Waals surface area contributed by atoms with Gasteiger partial charge in [-0.3, -0.25) is 0 Å². The summed E-state index contributed by atoms with van der Waals surface area (Å²) in [5.41, 5.74) is 2.75. The van der Waals surface area contributed by atoms with E-state index in [2.05, 4.69) is 64.2 Å². The minimum absolute atomic E-state index is 0.261. The van der Waals surface area contributed by atoms with Crippen LogP contribution in [0.1, 0.15) is 77.0 Å². The van der Waals surface area contributed by atoms with Crippen molar-refractivity contribution in [3.63, 3.8) is 0 Å². The van der Waals surface area contributed by atoms with Crippen LogP contribution in [0.25, 0.3) is 0 Å². The van der Waals surface area contributed by atoms with E-state index in [0.29, 0.717) is 12.0 Å². The van der Waals surface area contributed by atoms with E-state index in [9.17, 15) is 0 Å². The van der Waals surface area contributed by atoms with E-state index in [4.69, 9.17) is 4.74 Å². The lowest BCUT2D eigenvalue weighted by Gasteiger charge is -2.28. The molecule has 0 spiro atoms. The molecule has 0 heterocycles. The molecular formula is C19H33NO. The van der Waals surface area contributed by atoms with Gasteiger partial charge in [-0.15, -0.1) is 0 Å². The van der Waals surface area contributed by atoms with Crippen LogP contribution < -0.4 is 5.32 Å². The molecule has 0 aliphatic carbocycles. The minimum atomic E-state index is 0.261. The van der Waals surface area contributed by atoms with Gasteiger partial charge in [-0.25, -0.2) is 0 Å². The van der Waals surface area contributed by atoms with Crippen molar-refractivity contribution in [3.05, 3.63) is 35.4 Å². The van der Waals surface area contributed by atoms with Crippen LogP contribution in [0.5, 0.6) is 0 Å². The summed E-state index contributed by atoms with van der Waals surface area (Å²) < 4.78 is 6.01. The Kier molecular flexibility index (Phi) is 8.63. The van der Waals surface area contributed by atoms with Crippen LogP contribution in [0.4, 0.5) is 0 Å². The molecular weight excluding hydrogens is 258 g/mol. The molecule has 2 atom stereocenters. The summed E-state index contributed by atoms with van der Waals surface area (Å²) in [5.74, 6) is 0.583. The van der Waals surface area contributed by atoms with Crippen molar-refractivity contribution in [2.75, 3.05) is 13.2 Å². The second-order valence-electron chi connectivity index (χ2n) is 6.04. The fraction of sp³-hybridized carbons (Fsp3) is 0.684. The normalized spacial score (nSPS) is 14.4. The first-order chi connectivity index (χ1) is 10.1. The summed E-state index contributed by atoms with van der Waals surface area (Å²) in [6.07, 6.45) is 3.66. The van der Waals surface area contributed by atoms with Crippen LogP contribution in [-0.2, 0) is 4.74 Å².